The summed E-state index contributed by atoms with van der Waals surface area (Å²) < 4.78 is 14.4. The molecule has 0 bridgehead atoms. The maximum absolute atomic E-state index is 14.4. The fourth-order valence-electron chi connectivity index (χ4n) is 3.57. The number of halogens is 1. The van der Waals surface area contributed by atoms with E-state index in [2.05, 4.69) is 37.8 Å². The van der Waals surface area contributed by atoms with E-state index >= 15 is 0 Å². The van der Waals surface area contributed by atoms with Crippen LogP contribution in [-0.4, -0.2) is 47.2 Å². The SMILES string of the molecule is C=N/C=C\C=NCc1ncc(C2CC2C2=CC3=NN(C)CC3C(F)=C2)cn1. The van der Waals surface area contributed by atoms with E-state index in [1.54, 1.807) is 29.6 Å². The Morgan fingerprint density at radius 2 is 2.11 bits per heavy atom. The van der Waals surface area contributed by atoms with Gasteiger partial charge < -0.3 is 0 Å². The normalized spacial score (nSPS) is 26.8. The Labute approximate surface area is 157 Å². The van der Waals surface area contributed by atoms with E-state index in [-0.39, 0.29) is 11.7 Å². The number of aliphatic imine (C=N–C) groups is 2. The molecule has 6 nitrogen and oxygen atoms in total. The van der Waals surface area contributed by atoms with Gasteiger partial charge in [-0.1, -0.05) is 0 Å². The van der Waals surface area contributed by atoms with Crippen LogP contribution in [0.2, 0.25) is 0 Å². The molecule has 1 aliphatic heterocycles. The molecule has 0 amide bonds. The molecular formula is C20H21FN6. The van der Waals surface area contributed by atoms with Gasteiger partial charge in [0.1, 0.15) is 11.7 Å². The fraction of sp³-hybridized carbons (Fsp3) is 0.350. The number of fused-ring (bicyclic) bond motifs is 1. The zero-order valence-electron chi connectivity index (χ0n) is 15.2. The van der Waals surface area contributed by atoms with Gasteiger partial charge in [0.25, 0.3) is 0 Å². The molecule has 0 spiro atoms. The molecular weight excluding hydrogens is 343 g/mol. The molecule has 1 saturated carbocycles. The summed E-state index contributed by atoms with van der Waals surface area (Å²) >= 11 is 0. The van der Waals surface area contributed by atoms with Crippen LogP contribution < -0.4 is 0 Å². The highest BCUT2D eigenvalue weighted by Crippen LogP contribution is 2.53. The summed E-state index contributed by atoms with van der Waals surface area (Å²) in [6.45, 7) is 4.39. The molecule has 4 rings (SSSR count). The Morgan fingerprint density at radius 1 is 1.30 bits per heavy atom. The topological polar surface area (TPSA) is 66.1 Å². The second kappa shape index (κ2) is 7.34. The van der Waals surface area contributed by atoms with Crippen LogP contribution in [0.1, 0.15) is 23.7 Å². The predicted octanol–water partition coefficient (Wildman–Crippen LogP) is 3.08. The molecule has 138 valence electrons. The minimum Gasteiger partial charge on any atom is -0.299 e. The quantitative estimate of drug-likeness (QED) is 0.729. The first kappa shape index (κ1) is 17.5. The molecule has 0 radical (unpaired) electrons. The maximum Gasteiger partial charge on any atom is 0.149 e. The van der Waals surface area contributed by atoms with E-state index in [4.69, 9.17) is 0 Å². The van der Waals surface area contributed by atoms with Gasteiger partial charge in [-0.2, -0.15) is 5.10 Å². The van der Waals surface area contributed by atoms with Crippen LogP contribution >= 0.6 is 0 Å². The predicted molar refractivity (Wildman–Crippen MR) is 105 cm³/mol. The summed E-state index contributed by atoms with van der Waals surface area (Å²) in [5.74, 6) is 1.05. The van der Waals surface area contributed by atoms with E-state index in [1.165, 1.54) is 0 Å². The average molecular weight is 364 g/mol. The lowest BCUT2D eigenvalue weighted by atomic mass is 9.91. The van der Waals surface area contributed by atoms with Gasteiger partial charge in [-0.3, -0.25) is 15.0 Å². The summed E-state index contributed by atoms with van der Waals surface area (Å²) in [6, 6.07) is 0. The van der Waals surface area contributed by atoms with E-state index in [0.717, 1.165) is 23.3 Å². The van der Waals surface area contributed by atoms with Crippen molar-refractivity contribution in [1.29, 1.82) is 0 Å². The van der Waals surface area contributed by atoms with Crippen molar-refractivity contribution in [3.05, 3.63) is 59.6 Å². The second-order valence-corrected chi connectivity index (χ2v) is 6.99. The molecule has 1 aromatic rings. The van der Waals surface area contributed by atoms with Crippen LogP contribution in [0.3, 0.4) is 0 Å². The lowest BCUT2D eigenvalue weighted by Gasteiger charge is -2.15. The van der Waals surface area contributed by atoms with Gasteiger partial charge in [-0.05, 0) is 54.3 Å². The lowest BCUT2D eigenvalue weighted by Crippen LogP contribution is -2.19. The molecule has 27 heavy (non-hydrogen) atoms. The third-order valence-corrected chi connectivity index (χ3v) is 5.03. The minimum absolute atomic E-state index is 0.0774. The van der Waals surface area contributed by atoms with Gasteiger partial charge in [0.2, 0.25) is 0 Å². The Bertz CT molecular complexity index is 880. The van der Waals surface area contributed by atoms with E-state index in [0.29, 0.717) is 30.7 Å². The number of hydrogen-bond acceptors (Lipinski definition) is 6. The van der Waals surface area contributed by atoms with E-state index < -0.39 is 0 Å². The lowest BCUT2D eigenvalue weighted by molar-refractivity contribution is 0.356. The smallest absolute Gasteiger partial charge is 0.149 e. The average Bonchev–Trinajstić information content (AvgIpc) is 3.37. The Hall–Kier alpha value is -2.96. The van der Waals surface area contributed by atoms with Crippen molar-refractivity contribution < 1.29 is 4.39 Å². The number of hydrazone groups is 1. The first-order valence-corrected chi connectivity index (χ1v) is 8.95. The molecule has 3 aliphatic rings. The van der Waals surface area contributed by atoms with Crippen molar-refractivity contribution in [3.63, 3.8) is 0 Å². The highest BCUT2D eigenvalue weighted by atomic mass is 19.1. The zero-order chi connectivity index (χ0) is 18.8. The first-order valence-electron chi connectivity index (χ1n) is 8.95. The van der Waals surface area contributed by atoms with E-state index in [9.17, 15) is 4.39 Å². The van der Waals surface area contributed by atoms with E-state index in [1.807, 2.05) is 19.4 Å². The molecule has 2 heterocycles. The number of nitrogens with zero attached hydrogens (tertiary/aromatic N) is 6. The van der Waals surface area contributed by atoms with Crippen molar-refractivity contribution in [1.82, 2.24) is 15.0 Å². The molecule has 1 fully saturated rings. The maximum atomic E-state index is 14.4. The summed E-state index contributed by atoms with van der Waals surface area (Å²) in [5, 5.41) is 6.22. The molecule has 3 atom stereocenters. The molecule has 2 aliphatic carbocycles. The van der Waals surface area contributed by atoms with Gasteiger partial charge in [0.05, 0.1) is 24.7 Å². The summed E-state index contributed by atoms with van der Waals surface area (Å²) in [4.78, 5) is 16.6. The van der Waals surface area contributed by atoms with Crippen molar-refractivity contribution in [2.45, 2.75) is 18.9 Å². The minimum atomic E-state index is -0.198. The van der Waals surface area contributed by atoms with Gasteiger partial charge in [-0.15, -0.1) is 0 Å². The number of rotatable bonds is 6. The summed E-state index contributed by atoms with van der Waals surface area (Å²) in [6.07, 6.45) is 13.4. The van der Waals surface area contributed by atoms with Gasteiger partial charge >= 0.3 is 0 Å². The van der Waals surface area contributed by atoms with Crippen molar-refractivity contribution in [2.24, 2.45) is 26.9 Å². The van der Waals surface area contributed by atoms with Crippen LogP contribution in [0, 0.1) is 11.8 Å². The van der Waals surface area contributed by atoms with Crippen molar-refractivity contribution in [2.75, 3.05) is 13.6 Å². The second-order valence-electron chi connectivity index (χ2n) is 6.99. The van der Waals surface area contributed by atoms with Crippen LogP contribution in [0.5, 0.6) is 0 Å². The zero-order valence-corrected chi connectivity index (χ0v) is 15.2. The van der Waals surface area contributed by atoms with Crippen LogP contribution in [0.4, 0.5) is 4.39 Å². The standard InChI is InChI=1S/C20H21FN6/c1-22-4-3-5-23-11-20-24-9-14(10-25-20)16-8-15(16)13-6-18(21)17-12-27(2)26-19(17)7-13/h3-7,9-10,15-17H,1,8,11-12H2,2H3/b4-3-,23-5?. The molecule has 7 heteroatoms. The molecule has 3 unspecified atom stereocenters. The van der Waals surface area contributed by atoms with Gasteiger partial charge in [0.15, 0.2) is 0 Å². The number of allylic oxidation sites excluding steroid dienone is 4. The first-order chi connectivity index (χ1) is 13.2. The molecule has 0 aromatic carbocycles. The highest BCUT2D eigenvalue weighted by molar-refractivity contribution is 6.01. The summed E-state index contributed by atoms with van der Waals surface area (Å²) in [5.41, 5.74) is 2.95. The van der Waals surface area contributed by atoms with Crippen molar-refractivity contribution in [3.8, 4) is 0 Å². The number of hydrogen-bond donors (Lipinski definition) is 0. The Kier molecular flexibility index (Phi) is 4.75. The monoisotopic (exact) mass is 364 g/mol. The Balaban J connectivity index is 1.40. The fourth-order valence-corrected chi connectivity index (χ4v) is 3.57. The highest BCUT2D eigenvalue weighted by Gasteiger charge is 2.43. The van der Waals surface area contributed by atoms with Crippen molar-refractivity contribution >= 4 is 18.6 Å². The molecule has 0 N–H and O–H groups in total. The van der Waals surface area contributed by atoms with Crippen LogP contribution in [-0.2, 0) is 6.54 Å². The van der Waals surface area contributed by atoms with Crippen LogP contribution in [0.25, 0.3) is 0 Å². The van der Waals surface area contributed by atoms with Gasteiger partial charge in [-0.25, -0.2) is 14.4 Å². The van der Waals surface area contributed by atoms with Gasteiger partial charge in [0, 0.05) is 31.9 Å². The molecule has 0 saturated heterocycles. The third-order valence-electron chi connectivity index (χ3n) is 5.03. The third kappa shape index (κ3) is 3.77. The number of aromatic nitrogens is 2. The molecule has 1 aromatic heterocycles. The van der Waals surface area contributed by atoms with Crippen LogP contribution in [0.15, 0.2) is 63.3 Å². The Morgan fingerprint density at radius 3 is 2.89 bits per heavy atom. The largest absolute Gasteiger partial charge is 0.299 e. The summed E-state index contributed by atoms with van der Waals surface area (Å²) in [7, 11) is 1.88.